The first kappa shape index (κ1) is 48.1. The fourth-order valence-corrected chi connectivity index (χ4v) is 5.56. The predicted molar refractivity (Wildman–Crippen MR) is 202 cm³/mol. The van der Waals surface area contributed by atoms with Crippen molar-refractivity contribution in [3.05, 3.63) is 0 Å². The number of carbonyl (C=O) groups is 4. The molecule has 4 N–H and O–H groups in total. The molecule has 310 valence electrons. The summed E-state index contributed by atoms with van der Waals surface area (Å²) in [6.07, 6.45) is 2.81. The van der Waals surface area contributed by atoms with Crippen LogP contribution in [0.2, 0.25) is 0 Å². The summed E-state index contributed by atoms with van der Waals surface area (Å²) in [4.78, 5) is 51.9. The van der Waals surface area contributed by atoms with Crippen molar-refractivity contribution in [1.29, 1.82) is 0 Å². The van der Waals surface area contributed by atoms with Gasteiger partial charge < -0.3 is 54.4 Å². The predicted octanol–water partition coefficient (Wildman–Crippen LogP) is 5.31. The highest BCUT2D eigenvalue weighted by molar-refractivity contribution is 5.78. The van der Waals surface area contributed by atoms with E-state index >= 15 is 0 Å². The first-order valence-electron chi connectivity index (χ1n) is 19.3. The van der Waals surface area contributed by atoms with Crippen LogP contribution in [0.15, 0.2) is 0 Å². The Balaban J connectivity index is 3.03. The second-order valence-corrected chi connectivity index (χ2v) is 16.6. The van der Waals surface area contributed by atoms with Gasteiger partial charge in [-0.25, -0.2) is 14.4 Å². The average molecular weight is 761 g/mol. The molecule has 15 nitrogen and oxygen atoms in total. The summed E-state index contributed by atoms with van der Waals surface area (Å²) in [5.41, 5.74) is -1.82. The zero-order chi connectivity index (χ0) is 40.1. The summed E-state index contributed by atoms with van der Waals surface area (Å²) in [5.74, 6) is -0.367. The van der Waals surface area contributed by atoms with Crippen LogP contribution >= 0.6 is 0 Å². The first-order valence-corrected chi connectivity index (χ1v) is 19.3. The quantitative estimate of drug-likeness (QED) is 0.0829. The molecule has 0 bridgehead atoms. The number of nitrogens with zero attached hydrogens (tertiary/aromatic N) is 1. The maximum Gasteiger partial charge on any atom is 0.407 e. The number of hydrogen-bond donors (Lipinski definition) is 4. The summed E-state index contributed by atoms with van der Waals surface area (Å²) >= 11 is 0. The fraction of sp³-hybridized carbons (Fsp3) is 0.895. The fourth-order valence-electron chi connectivity index (χ4n) is 5.56. The Bertz CT molecular complexity index is 1020. The van der Waals surface area contributed by atoms with Gasteiger partial charge in [0.05, 0.1) is 12.2 Å². The lowest BCUT2D eigenvalue weighted by Crippen LogP contribution is -2.52. The topological polar surface area (TPSA) is 183 Å². The molecule has 1 fully saturated rings. The van der Waals surface area contributed by atoms with Crippen molar-refractivity contribution in [2.75, 3.05) is 59.7 Å². The molecule has 4 amide bonds. The van der Waals surface area contributed by atoms with Crippen LogP contribution < -0.4 is 16.0 Å². The molecule has 1 rings (SSSR count). The number of hydrogen-bond acceptors (Lipinski definition) is 11. The molecule has 0 heterocycles. The minimum absolute atomic E-state index is 0.00699. The minimum atomic E-state index is -0.607. The van der Waals surface area contributed by atoms with E-state index in [1.54, 1.807) is 67.2 Å². The molecular weight excluding hydrogens is 688 g/mol. The third-order valence-corrected chi connectivity index (χ3v) is 7.84. The van der Waals surface area contributed by atoms with Crippen molar-refractivity contribution in [2.45, 2.75) is 155 Å². The van der Waals surface area contributed by atoms with Gasteiger partial charge in [0.25, 0.3) is 0 Å². The van der Waals surface area contributed by atoms with Crippen LogP contribution in [0.25, 0.3) is 0 Å². The van der Waals surface area contributed by atoms with Gasteiger partial charge in [-0.2, -0.15) is 0 Å². The summed E-state index contributed by atoms with van der Waals surface area (Å²) in [6, 6.07) is 0. The smallest absolute Gasteiger partial charge is 0.407 e. The SMILES string of the molecule is CN(CCCCCCO)C(=O)C1C[C@@H](OCCCNC(=O)OC(C)(C)C)C(OCCCNC(=O)OC(C)(C)C)[C@H](OCCCNC(=O)OC(C)(C)C)C1. The Labute approximate surface area is 318 Å². The van der Waals surface area contributed by atoms with Gasteiger partial charge in [0.15, 0.2) is 0 Å². The van der Waals surface area contributed by atoms with Gasteiger partial charge in [-0.15, -0.1) is 0 Å². The van der Waals surface area contributed by atoms with Crippen LogP contribution in [-0.4, -0.2) is 129 Å². The van der Waals surface area contributed by atoms with Crippen LogP contribution in [0.4, 0.5) is 14.4 Å². The van der Waals surface area contributed by atoms with E-state index in [4.69, 9.17) is 33.5 Å². The van der Waals surface area contributed by atoms with Gasteiger partial charge in [-0.1, -0.05) is 12.8 Å². The molecule has 0 aromatic heterocycles. The molecule has 1 aliphatic rings. The standard InChI is InChI=1S/C38H72N4O11/c1-36(2,3)51-33(45)39-18-15-23-48-29-26-28(32(44)42(10)21-13-11-12-14-22-43)27-30(49-24-16-19-40-34(46)52-37(4,5)6)31(29)50-25-17-20-41-35(47)53-38(7,8)9/h28-31,43H,11-27H2,1-10H3,(H,39,45)(H,40,46)(H,41,47)/t28?,29-,30-,31?/m1/s1. The number of carbonyl (C=O) groups excluding carboxylic acids is 4. The van der Waals surface area contributed by atoms with Crippen molar-refractivity contribution in [3.63, 3.8) is 0 Å². The Kier molecular flexibility index (Phi) is 22.3. The van der Waals surface area contributed by atoms with E-state index in [1.165, 1.54) is 0 Å². The van der Waals surface area contributed by atoms with Crippen molar-refractivity contribution in [1.82, 2.24) is 20.9 Å². The van der Waals surface area contributed by atoms with Crippen LogP contribution in [-0.2, 0) is 33.2 Å². The van der Waals surface area contributed by atoms with Gasteiger partial charge >= 0.3 is 18.3 Å². The number of ether oxygens (including phenoxy) is 6. The number of nitrogens with one attached hydrogen (secondary N) is 3. The van der Waals surface area contributed by atoms with E-state index in [1.807, 2.05) is 7.05 Å². The van der Waals surface area contributed by atoms with Crippen molar-refractivity contribution in [2.24, 2.45) is 5.92 Å². The first-order chi connectivity index (χ1) is 24.7. The zero-order valence-corrected chi connectivity index (χ0v) is 34.3. The second-order valence-electron chi connectivity index (χ2n) is 16.6. The molecule has 0 saturated heterocycles. The molecule has 15 heteroatoms. The van der Waals surface area contributed by atoms with E-state index in [0.717, 1.165) is 25.7 Å². The number of alkyl carbamates (subject to hydrolysis) is 3. The Hall–Kier alpha value is -2.88. The molecule has 0 radical (unpaired) electrons. The van der Waals surface area contributed by atoms with Crippen LogP contribution in [0.5, 0.6) is 0 Å². The van der Waals surface area contributed by atoms with Crippen LogP contribution in [0, 0.1) is 5.92 Å². The molecule has 1 aliphatic carbocycles. The Morgan fingerprint density at radius 1 is 0.585 bits per heavy atom. The number of rotatable bonds is 22. The minimum Gasteiger partial charge on any atom is -0.444 e. The monoisotopic (exact) mass is 761 g/mol. The van der Waals surface area contributed by atoms with E-state index in [9.17, 15) is 19.2 Å². The second kappa shape index (κ2) is 24.5. The average Bonchev–Trinajstić information content (AvgIpc) is 3.01. The van der Waals surface area contributed by atoms with Crippen LogP contribution in [0.3, 0.4) is 0 Å². The number of aliphatic hydroxyl groups excluding tert-OH is 1. The largest absolute Gasteiger partial charge is 0.444 e. The van der Waals surface area contributed by atoms with E-state index in [2.05, 4.69) is 16.0 Å². The van der Waals surface area contributed by atoms with Gasteiger partial charge in [-0.3, -0.25) is 4.79 Å². The maximum absolute atomic E-state index is 13.8. The zero-order valence-electron chi connectivity index (χ0n) is 34.3. The third kappa shape index (κ3) is 24.2. The molecule has 2 atom stereocenters. The molecule has 53 heavy (non-hydrogen) atoms. The van der Waals surface area contributed by atoms with Crippen molar-refractivity contribution < 1.29 is 52.7 Å². The highest BCUT2D eigenvalue weighted by atomic mass is 16.6. The lowest BCUT2D eigenvalue weighted by atomic mass is 9.82. The molecular formula is C38H72N4O11. The summed E-state index contributed by atoms with van der Waals surface area (Å²) < 4.78 is 35.2. The molecule has 0 aromatic rings. The summed E-state index contributed by atoms with van der Waals surface area (Å²) in [6.45, 7) is 18.9. The van der Waals surface area contributed by atoms with Gasteiger partial charge in [0, 0.05) is 65.6 Å². The van der Waals surface area contributed by atoms with E-state index in [0.29, 0.717) is 78.1 Å². The molecule has 1 saturated carbocycles. The summed E-state index contributed by atoms with van der Waals surface area (Å²) in [7, 11) is 1.81. The van der Waals surface area contributed by atoms with Gasteiger partial charge in [-0.05, 0) is 107 Å². The highest BCUT2D eigenvalue weighted by Gasteiger charge is 2.43. The van der Waals surface area contributed by atoms with E-state index < -0.39 is 53.4 Å². The highest BCUT2D eigenvalue weighted by Crippen LogP contribution is 2.33. The van der Waals surface area contributed by atoms with Crippen LogP contribution in [0.1, 0.15) is 120 Å². The number of aliphatic hydroxyl groups is 1. The van der Waals surface area contributed by atoms with Gasteiger partial charge in [0.1, 0.15) is 22.9 Å². The van der Waals surface area contributed by atoms with E-state index in [-0.39, 0.29) is 18.4 Å². The van der Waals surface area contributed by atoms with Crippen molar-refractivity contribution >= 4 is 24.2 Å². The molecule has 0 unspecified atom stereocenters. The molecule has 0 aliphatic heterocycles. The lowest BCUT2D eigenvalue weighted by Gasteiger charge is -2.41. The van der Waals surface area contributed by atoms with Gasteiger partial charge in [0.2, 0.25) is 5.91 Å². The molecule has 0 spiro atoms. The normalized spacial score (nSPS) is 19.2. The maximum atomic E-state index is 13.8. The Morgan fingerprint density at radius 2 is 0.962 bits per heavy atom. The Morgan fingerprint density at radius 3 is 1.34 bits per heavy atom. The third-order valence-electron chi connectivity index (χ3n) is 7.84. The lowest BCUT2D eigenvalue weighted by molar-refractivity contribution is -0.176. The number of amides is 4. The summed E-state index contributed by atoms with van der Waals surface area (Å²) in [5, 5.41) is 17.3. The molecule has 0 aromatic carbocycles. The van der Waals surface area contributed by atoms with Crippen molar-refractivity contribution in [3.8, 4) is 0 Å². The number of unbranched alkanes of at least 4 members (excludes halogenated alkanes) is 3.